The number of para-hydroxylation sites is 1. The summed E-state index contributed by atoms with van der Waals surface area (Å²) in [4.78, 5) is 4.89. The molecule has 0 unspecified atom stereocenters. The molecule has 4 nitrogen and oxygen atoms in total. The Morgan fingerprint density at radius 3 is 2.27 bits per heavy atom. The molecule has 0 aliphatic carbocycles. The number of nitrogens with one attached hydrogen (secondary N) is 1. The number of aromatic nitrogens is 1. The number of anilines is 1. The molecule has 0 radical (unpaired) electrons. The molecule has 0 saturated heterocycles. The number of hydrogen-bond acceptors (Lipinski definition) is 4. The number of rotatable bonds is 5. The Balaban J connectivity index is 1.50. The smallest absolute Gasteiger partial charge is 0.261 e. The van der Waals surface area contributed by atoms with Gasteiger partial charge in [0.1, 0.15) is 0 Å². The average Bonchev–Trinajstić information content (AvgIpc) is 3.06. The van der Waals surface area contributed by atoms with E-state index in [1.807, 2.05) is 30.3 Å². The van der Waals surface area contributed by atoms with Crippen molar-refractivity contribution in [2.45, 2.75) is 11.3 Å². The molecular weight excluding hydrogens is 364 g/mol. The highest BCUT2D eigenvalue weighted by molar-refractivity contribution is 7.92. The molecule has 0 aliphatic heterocycles. The van der Waals surface area contributed by atoms with Crippen LogP contribution in [0.2, 0.25) is 0 Å². The zero-order chi connectivity index (χ0) is 18.0. The summed E-state index contributed by atoms with van der Waals surface area (Å²) in [5, 5.41) is 1.05. The van der Waals surface area contributed by atoms with Gasteiger partial charge in [0.2, 0.25) is 0 Å². The first-order valence-corrected chi connectivity index (χ1v) is 10.4. The van der Waals surface area contributed by atoms with Gasteiger partial charge in [-0.25, -0.2) is 13.4 Å². The first-order chi connectivity index (χ1) is 12.6. The molecule has 0 fully saturated rings. The third-order valence-electron chi connectivity index (χ3n) is 3.95. The second-order valence-electron chi connectivity index (χ2n) is 5.87. The summed E-state index contributed by atoms with van der Waals surface area (Å²) in [5.41, 5.74) is 2.65. The first-order valence-electron chi connectivity index (χ1n) is 8.11. The fourth-order valence-corrected chi connectivity index (χ4v) is 4.76. The van der Waals surface area contributed by atoms with Gasteiger partial charge < -0.3 is 0 Å². The van der Waals surface area contributed by atoms with Crippen LogP contribution in [0.3, 0.4) is 0 Å². The number of fused-ring (bicyclic) bond motifs is 1. The van der Waals surface area contributed by atoms with Crippen LogP contribution in [0.25, 0.3) is 10.2 Å². The van der Waals surface area contributed by atoms with Crippen molar-refractivity contribution in [2.24, 2.45) is 0 Å². The molecule has 26 heavy (non-hydrogen) atoms. The average molecular weight is 380 g/mol. The maximum atomic E-state index is 12.4. The van der Waals surface area contributed by atoms with E-state index in [2.05, 4.69) is 15.8 Å². The van der Waals surface area contributed by atoms with Gasteiger partial charge in [0.25, 0.3) is 10.0 Å². The number of benzene rings is 3. The van der Waals surface area contributed by atoms with Crippen molar-refractivity contribution < 1.29 is 8.42 Å². The monoisotopic (exact) mass is 380 g/mol. The van der Waals surface area contributed by atoms with Gasteiger partial charge in [0.05, 0.1) is 20.1 Å². The van der Waals surface area contributed by atoms with Crippen LogP contribution in [0.1, 0.15) is 10.6 Å². The van der Waals surface area contributed by atoms with E-state index >= 15 is 0 Å². The number of nitrogens with zero attached hydrogens (tertiary/aromatic N) is 1. The molecule has 1 aromatic heterocycles. The van der Waals surface area contributed by atoms with Gasteiger partial charge in [-0.05, 0) is 42.0 Å². The van der Waals surface area contributed by atoms with Crippen LogP contribution in [0.4, 0.5) is 5.69 Å². The van der Waals surface area contributed by atoms with Gasteiger partial charge in [-0.1, -0.05) is 42.5 Å². The predicted molar refractivity (Wildman–Crippen MR) is 106 cm³/mol. The van der Waals surface area contributed by atoms with E-state index in [1.165, 1.54) is 4.70 Å². The highest BCUT2D eigenvalue weighted by Gasteiger charge is 2.13. The predicted octanol–water partition coefficient (Wildman–Crippen LogP) is 4.69. The molecule has 6 heteroatoms. The lowest BCUT2D eigenvalue weighted by molar-refractivity contribution is 0.601. The molecule has 0 spiro atoms. The number of hydrogen-bond donors (Lipinski definition) is 1. The van der Waals surface area contributed by atoms with Crippen LogP contribution in [0.5, 0.6) is 0 Å². The summed E-state index contributed by atoms with van der Waals surface area (Å²) in [6.45, 7) is 0. The Labute approximate surface area is 156 Å². The van der Waals surface area contributed by atoms with Gasteiger partial charge in [-0.15, -0.1) is 11.3 Å². The van der Waals surface area contributed by atoms with E-state index in [9.17, 15) is 8.42 Å². The number of sulfonamides is 1. The molecule has 4 aromatic rings. The standard InChI is InChI=1S/C20H16N2O2S2/c23-26(24,17-6-2-1-3-7-17)22-16-12-10-15(11-13-16)14-20-21-18-8-4-5-9-19(18)25-20/h1-13,22H,14H2. The third kappa shape index (κ3) is 3.61. The second kappa shape index (κ2) is 6.90. The molecular formula is C20H16N2O2S2. The van der Waals surface area contributed by atoms with Gasteiger partial charge >= 0.3 is 0 Å². The van der Waals surface area contributed by atoms with Crippen molar-refractivity contribution in [2.75, 3.05) is 4.72 Å². The van der Waals surface area contributed by atoms with Crippen molar-refractivity contribution in [3.05, 3.63) is 89.4 Å². The second-order valence-corrected chi connectivity index (χ2v) is 8.67. The molecule has 0 bridgehead atoms. The molecule has 3 aromatic carbocycles. The van der Waals surface area contributed by atoms with Crippen molar-refractivity contribution in [3.63, 3.8) is 0 Å². The van der Waals surface area contributed by atoms with Crippen LogP contribution in [0.15, 0.2) is 83.8 Å². The van der Waals surface area contributed by atoms with Crippen LogP contribution in [-0.2, 0) is 16.4 Å². The molecule has 130 valence electrons. The third-order valence-corrected chi connectivity index (χ3v) is 6.39. The zero-order valence-corrected chi connectivity index (χ0v) is 15.4. The topological polar surface area (TPSA) is 59.1 Å². The highest BCUT2D eigenvalue weighted by Crippen LogP contribution is 2.24. The SMILES string of the molecule is O=S(=O)(Nc1ccc(Cc2nc3ccccc3s2)cc1)c1ccccc1. The lowest BCUT2D eigenvalue weighted by Gasteiger charge is -2.08. The number of thiazole rings is 1. The summed E-state index contributed by atoms with van der Waals surface area (Å²) in [7, 11) is -3.56. The maximum absolute atomic E-state index is 12.4. The largest absolute Gasteiger partial charge is 0.280 e. The zero-order valence-electron chi connectivity index (χ0n) is 13.8. The fraction of sp³-hybridized carbons (Fsp3) is 0.0500. The van der Waals surface area contributed by atoms with E-state index in [4.69, 9.17) is 0 Å². The maximum Gasteiger partial charge on any atom is 0.261 e. The summed E-state index contributed by atoms with van der Waals surface area (Å²) < 4.78 is 28.5. The van der Waals surface area contributed by atoms with Crippen molar-refractivity contribution in [3.8, 4) is 0 Å². The quantitative estimate of drug-likeness (QED) is 0.546. The summed E-state index contributed by atoms with van der Waals surface area (Å²) in [5.74, 6) is 0. The van der Waals surface area contributed by atoms with Gasteiger partial charge in [-0.3, -0.25) is 4.72 Å². The summed E-state index contributed by atoms with van der Waals surface area (Å²) in [6.07, 6.45) is 0.727. The Morgan fingerprint density at radius 2 is 1.54 bits per heavy atom. The van der Waals surface area contributed by atoms with E-state index in [0.29, 0.717) is 5.69 Å². The molecule has 1 N–H and O–H groups in total. The molecule has 0 atom stereocenters. The Kier molecular flexibility index (Phi) is 4.44. The summed E-state index contributed by atoms with van der Waals surface area (Å²) >= 11 is 1.68. The van der Waals surface area contributed by atoms with Gasteiger partial charge in [0.15, 0.2) is 0 Å². The minimum absolute atomic E-state index is 0.249. The van der Waals surface area contributed by atoms with Crippen LogP contribution in [0, 0.1) is 0 Å². The minimum Gasteiger partial charge on any atom is -0.280 e. The van der Waals surface area contributed by atoms with E-state index in [1.54, 1.807) is 53.8 Å². The fourth-order valence-electron chi connectivity index (χ4n) is 2.67. The van der Waals surface area contributed by atoms with Crippen LogP contribution in [-0.4, -0.2) is 13.4 Å². The molecule has 4 rings (SSSR count). The van der Waals surface area contributed by atoms with Crippen molar-refractivity contribution in [1.82, 2.24) is 4.98 Å². The Bertz CT molecular complexity index is 1100. The van der Waals surface area contributed by atoms with Gasteiger partial charge in [0, 0.05) is 12.1 Å². The van der Waals surface area contributed by atoms with E-state index in [0.717, 1.165) is 22.5 Å². The van der Waals surface area contributed by atoms with Gasteiger partial charge in [-0.2, -0.15) is 0 Å². The molecule has 1 heterocycles. The summed E-state index contributed by atoms with van der Waals surface area (Å²) in [6, 6.07) is 23.8. The van der Waals surface area contributed by atoms with Crippen LogP contribution < -0.4 is 4.72 Å². The lowest BCUT2D eigenvalue weighted by atomic mass is 10.1. The van der Waals surface area contributed by atoms with Crippen LogP contribution >= 0.6 is 11.3 Å². The Morgan fingerprint density at radius 1 is 0.846 bits per heavy atom. The highest BCUT2D eigenvalue weighted by atomic mass is 32.2. The minimum atomic E-state index is -3.56. The normalized spacial score (nSPS) is 11.5. The van der Waals surface area contributed by atoms with E-state index in [-0.39, 0.29) is 4.90 Å². The molecule has 0 amide bonds. The Hall–Kier alpha value is -2.70. The lowest BCUT2D eigenvalue weighted by Crippen LogP contribution is -2.12. The molecule has 0 aliphatic rings. The van der Waals surface area contributed by atoms with Crippen molar-refractivity contribution in [1.29, 1.82) is 0 Å². The molecule has 0 saturated carbocycles. The first kappa shape index (κ1) is 16.8. The van der Waals surface area contributed by atoms with Crippen molar-refractivity contribution >= 4 is 37.3 Å². The van der Waals surface area contributed by atoms with E-state index < -0.39 is 10.0 Å².